The van der Waals surface area contributed by atoms with Gasteiger partial charge >= 0.3 is 5.97 Å². The molecule has 2 aliphatic carbocycles. The highest BCUT2D eigenvalue weighted by Gasteiger charge is 2.64. The number of hydrogen-bond acceptors (Lipinski definition) is 7. The van der Waals surface area contributed by atoms with Gasteiger partial charge in [-0.1, -0.05) is 12.2 Å². The number of ether oxygens (including phenoxy) is 6. The quantitative estimate of drug-likeness (QED) is 0.537. The van der Waals surface area contributed by atoms with Crippen LogP contribution in [0.2, 0.25) is 0 Å². The van der Waals surface area contributed by atoms with E-state index in [2.05, 4.69) is 12.2 Å². The van der Waals surface area contributed by atoms with Crippen LogP contribution in [0.25, 0.3) is 0 Å². The first kappa shape index (κ1) is 18.1. The molecule has 5 rings (SSSR count). The van der Waals surface area contributed by atoms with Crippen molar-refractivity contribution in [2.45, 2.75) is 76.2 Å². The average molecular weight is 380 g/mol. The molecule has 1 spiro atoms. The van der Waals surface area contributed by atoms with Crippen LogP contribution in [0.4, 0.5) is 0 Å². The number of fused-ring (bicyclic) bond motifs is 3. The van der Waals surface area contributed by atoms with Crippen molar-refractivity contribution in [1.29, 1.82) is 0 Å². The minimum atomic E-state index is -1.17. The average Bonchev–Trinajstić information content (AvgIpc) is 3.32. The number of rotatable bonds is 2. The smallest absolute Gasteiger partial charge is 0.310 e. The van der Waals surface area contributed by atoms with Gasteiger partial charge in [-0.15, -0.1) is 0 Å². The maximum Gasteiger partial charge on any atom is 0.310 e. The molecule has 2 bridgehead atoms. The number of esters is 1. The fraction of sp³-hybridized carbons (Fsp3) is 0.850. The topological polar surface area (TPSA) is 72.5 Å². The second-order valence-electron chi connectivity index (χ2n) is 9.30. The Labute approximate surface area is 159 Å². The number of carbonyl (C=O) groups excluding carboxylic acids is 1. The highest BCUT2D eigenvalue weighted by atomic mass is 16.9. The maximum atomic E-state index is 13.1. The van der Waals surface area contributed by atoms with Crippen molar-refractivity contribution in [3.8, 4) is 0 Å². The lowest BCUT2D eigenvalue weighted by Gasteiger charge is -2.43. The molecular weight excluding hydrogens is 352 g/mol. The van der Waals surface area contributed by atoms with Crippen LogP contribution in [0.3, 0.4) is 0 Å². The SMILES string of the molecule is CC1(C)O[C@@H]2[C@@H](CO[C@]3(COC(C)(C)O3)[C@H]2OC(=O)[C@@H]2C[C@@H]3C=C[C@H]2C3)O1. The van der Waals surface area contributed by atoms with Gasteiger partial charge in [0.1, 0.15) is 18.8 Å². The molecule has 3 heterocycles. The Kier molecular flexibility index (Phi) is 3.86. The van der Waals surface area contributed by atoms with Gasteiger partial charge in [-0.3, -0.25) is 4.79 Å². The molecule has 150 valence electrons. The van der Waals surface area contributed by atoms with Crippen molar-refractivity contribution < 1.29 is 33.2 Å². The first-order valence-corrected chi connectivity index (χ1v) is 9.89. The van der Waals surface area contributed by atoms with Crippen LogP contribution in [0.1, 0.15) is 40.5 Å². The van der Waals surface area contributed by atoms with Crippen LogP contribution in [-0.2, 0) is 33.2 Å². The third-order valence-corrected chi connectivity index (χ3v) is 6.31. The Morgan fingerprint density at radius 1 is 1.04 bits per heavy atom. The summed E-state index contributed by atoms with van der Waals surface area (Å²) < 4.78 is 36.1. The van der Waals surface area contributed by atoms with Crippen LogP contribution in [-0.4, -0.2) is 54.9 Å². The number of hydrogen-bond donors (Lipinski definition) is 0. The largest absolute Gasteiger partial charge is 0.453 e. The second-order valence-corrected chi connectivity index (χ2v) is 9.30. The molecule has 5 aliphatic rings. The number of allylic oxidation sites excluding steroid dienone is 2. The van der Waals surface area contributed by atoms with Crippen molar-refractivity contribution in [1.82, 2.24) is 0 Å². The molecule has 0 unspecified atom stereocenters. The van der Waals surface area contributed by atoms with E-state index in [1.165, 1.54) is 0 Å². The zero-order valence-electron chi connectivity index (χ0n) is 16.3. The summed E-state index contributed by atoms with van der Waals surface area (Å²) >= 11 is 0. The van der Waals surface area contributed by atoms with Crippen LogP contribution in [0.15, 0.2) is 12.2 Å². The minimum absolute atomic E-state index is 0.108. The summed E-state index contributed by atoms with van der Waals surface area (Å²) in [6.07, 6.45) is 4.74. The lowest BCUT2D eigenvalue weighted by molar-refractivity contribution is -0.329. The molecule has 3 saturated heterocycles. The van der Waals surface area contributed by atoms with E-state index in [1.54, 1.807) is 0 Å². The van der Waals surface area contributed by atoms with Gasteiger partial charge in [-0.2, -0.15) is 0 Å². The molecule has 1 saturated carbocycles. The fourth-order valence-electron chi connectivity index (χ4n) is 5.19. The summed E-state index contributed by atoms with van der Waals surface area (Å²) in [4.78, 5) is 13.1. The van der Waals surface area contributed by atoms with Gasteiger partial charge in [0.25, 0.3) is 0 Å². The van der Waals surface area contributed by atoms with E-state index in [0.29, 0.717) is 12.5 Å². The second kappa shape index (κ2) is 5.76. The van der Waals surface area contributed by atoms with E-state index in [1.807, 2.05) is 27.7 Å². The van der Waals surface area contributed by atoms with Crippen LogP contribution < -0.4 is 0 Å². The Hall–Kier alpha value is -0.990. The molecule has 3 aliphatic heterocycles. The van der Waals surface area contributed by atoms with Crippen molar-refractivity contribution >= 4 is 5.97 Å². The van der Waals surface area contributed by atoms with Crippen LogP contribution in [0.5, 0.6) is 0 Å². The Bertz CT molecular complexity index is 669. The van der Waals surface area contributed by atoms with E-state index in [9.17, 15) is 4.79 Å². The van der Waals surface area contributed by atoms with Crippen LogP contribution in [0, 0.1) is 17.8 Å². The molecule has 0 N–H and O–H groups in total. The maximum absolute atomic E-state index is 13.1. The fourth-order valence-corrected chi connectivity index (χ4v) is 5.19. The van der Waals surface area contributed by atoms with Crippen molar-refractivity contribution in [2.24, 2.45) is 17.8 Å². The van der Waals surface area contributed by atoms with Crippen molar-refractivity contribution in [2.75, 3.05) is 13.2 Å². The van der Waals surface area contributed by atoms with Crippen molar-refractivity contribution in [3.63, 3.8) is 0 Å². The van der Waals surface area contributed by atoms with E-state index < -0.39 is 29.6 Å². The normalized spacial score (nSPS) is 48.9. The highest BCUT2D eigenvalue weighted by Crippen LogP contribution is 2.48. The Morgan fingerprint density at radius 2 is 1.85 bits per heavy atom. The molecular formula is C20H28O7. The Balaban J connectivity index is 1.41. The molecule has 4 fully saturated rings. The van der Waals surface area contributed by atoms with Gasteiger partial charge in [0.15, 0.2) is 17.7 Å². The Morgan fingerprint density at radius 3 is 2.48 bits per heavy atom. The van der Waals surface area contributed by atoms with E-state index in [-0.39, 0.29) is 30.5 Å². The standard InChI is InChI=1S/C20H28O7/c1-18(2)23-10-20(27-18)16(15-14(9-22-20)25-19(3,4)26-15)24-17(21)13-8-11-5-6-12(13)7-11/h5-6,11-16H,7-10H2,1-4H3/t11-,12+,13-,14-,15-,16+,20+/m1/s1. The molecule has 0 aromatic heterocycles. The zero-order valence-corrected chi connectivity index (χ0v) is 16.3. The minimum Gasteiger partial charge on any atom is -0.453 e. The first-order chi connectivity index (χ1) is 12.7. The first-order valence-electron chi connectivity index (χ1n) is 9.89. The van der Waals surface area contributed by atoms with Crippen molar-refractivity contribution in [3.05, 3.63) is 12.2 Å². The number of carbonyl (C=O) groups is 1. The lowest BCUT2D eigenvalue weighted by atomic mass is 9.92. The van der Waals surface area contributed by atoms with Gasteiger partial charge in [0.2, 0.25) is 5.79 Å². The van der Waals surface area contributed by atoms with Gasteiger partial charge < -0.3 is 28.4 Å². The molecule has 7 nitrogen and oxygen atoms in total. The molecule has 0 aromatic rings. The van der Waals surface area contributed by atoms with Crippen LogP contribution >= 0.6 is 0 Å². The monoisotopic (exact) mass is 380 g/mol. The molecule has 0 aromatic carbocycles. The van der Waals surface area contributed by atoms with Gasteiger partial charge in [0, 0.05) is 0 Å². The molecule has 7 atom stereocenters. The molecule has 0 amide bonds. The highest BCUT2D eigenvalue weighted by molar-refractivity contribution is 5.74. The molecule has 27 heavy (non-hydrogen) atoms. The van der Waals surface area contributed by atoms with E-state index in [0.717, 1.165) is 12.8 Å². The predicted octanol–water partition coefficient (Wildman–Crippen LogP) is 2.14. The third kappa shape index (κ3) is 2.95. The summed E-state index contributed by atoms with van der Waals surface area (Å²) in [6.45, 7) is 7.85. The van der Waals surface area contributed by atoms with E-state index in [4.69, 9.17) is 28.4 Å². The van der Waals surface area contributed by atoms with Gasteiger partial charge in [-0.05, 0) is 52.4 Å². The summed E-state index contributed by atoms with van der Waals surface area (Å²) in [5, 5.41) is 0. The summed E-state index contributed by atoms with van der Waals surface area (Å²) in [6, 6.07) is 0. The van der Waals surface area contributed by atoms with Gasteiger partial charge in [-0.25, -0.2) is 0 Å². The lowest BCUT2D eigenvalue weighted by Crippen LogP contribution is -2.63. The van der Waals surface area contributed by atoms with Gasteiger partial charge in [0.05, 0.1) is 12.5 Å². The predicted molar refractivity (Wildman–Crippen MR) is 92.3 cm³/mol. The third-order valence-electron chi connectivity index (χ3n) is 6.31. The zero-order chi connectivity index (χ0) is 19.0. The molecule has 7 heteroatoms. The summed E-state index contributed by atoms with van der Waals surface area (Å²) in [7, 11) is 0. The summed E-state index contributed by atoms with van der Waals surface area (Å²) in [5.41, 5.74) is 0. The van der Waals surface area contributed by atoms with E-state index >= 15 is 0 Å². The summed E-state index contributed by atoms with van der Waals surface area (Å²) in [5.74, 6) is -2.30. The molecule has 0 radical (unpaired) electrons.